The first kappa shape index (κ1) is 24.7. The van der Waals surface area contributed by atoms with Crippen LogP contribution in [-0.4, -0.2) is 46.2 Å². The molecule has 2 bridgehead atoms. The van der Waals surface area contributed by atoms with E-state index in [0.29, 0.717) is 17.6 Å². The largest absolute Gasteiger partial charge is 0.490 e. The number of benzene rings is 3. The molecule has 2 fully saturated rings. The second kappa shape index (κ2) is 10.3. The van der Waals surface area contributed by atoms with Crippen molar-refractivity contribution in [1.29, 1.82) is 0 Å². The summed E-state index contributed by atoms with van der Waals surface area (Å²) in [4.78, 5) is 15.8. The predicted octanol–water partition coefficient (Wildman–Crippen LogP) is 6.36. The van der Waals surface area contributed by atoms with Crippen LogP contribution >= 0.6 is 0 Å². The average molecular weight is 509 g/mol. The van der Waals surface area contributed by atoms with E-state index in [1.54, 1.807) is 0 Å². The number of hydrogen-bond donors (Lipinski definition) is 2. The number of nitrogens with zero attached hydrogens (tertiary/aromatic N) is 2. The maximum atomic E-state index is 13.3. The summed E-state index contributed by atoms with van der Waals surface area (Å²) in [5.41, 5.74) is 4.47. The quantitative estimate of drug-likeness (QED) is 0.305. The highest BCUT2D eigenvalue weighted by atomic mass is 16.5. The standard InChI is InChI=1S/C32H36N4O2/c1-20(2)30(21-7-5-4-6-8-21)33-32(37)23-11-16-29-28(17-23)31(35-34-29)22-9-14-26(15-10-22)38-27-18-24-12-13-25(19-27)36(24)3/h4-11,14-17,20,24-25,27,30H,12-13,18-19H2,1-3H3,(H,33,37)(H,34,35). The van der Waals surface area contributed by atoms with Crippen LogP contribution in [0.25, 0.3) is 22.2 Å². The van der Waals surface area contributed by atoms with Gasteiger partial charge in [-0.05, 0) is 86.7 Å². The van der Waals surface area contributed by atoms with Crippen molar-refractivity contribution in [3.63, 3.8) is 0 Å². The minimum atomic E-state index is -0.0857. The van der Waals surface area contributed by atoms with Crippen LogP contribution in [0.1, 0.15) is 61.5 Å². The number of aromatic nitrogens is 2. The summed E-state index contributed by atoms with van der Waals surface area (Å²) in [6, 6.07) is 25.3. The Morgan fingerprint density at radius 1 is 1.00 bits per heavy atom. The van der Waals surface area contributed by atoms with Gasteiger partial charge in [-0.3, -0.25) is 9.89 Å². The van der Waals surface area contributed by atoms with E-state index in [2.05, 4.69) is 65.6 Å². The van der Waals surface area contributed by atoms with Crippen molar-refractivity contribution in [1.82, 2.24) is 20.4 Å². The molecule has 6 rings (SSSR count). The highest BCUT2D eigenvalue weighted by molar-refractivity contribution is 6.01. The van der Waals surface area contributed by atoms with Crippen LogP contribution in [0.5, 0.6) is 5.75 Å². The van der Waals surface area contributed by atoms with Crippen molar-refractivity contribution in [2.75, 3.05) is 7.05 Å². The molecule has 0 aliphatic carbocycles. The number of hydrogen-bond acceptors (Lipinski definition) is 4. The molecule has 196 valence electrons. The lowest BCUT2D eigenvalue weighted by Crippen LogP contribution is -2.43. The van der Waals surface area contributed by atoms with Gasteiger partial charge in [0.25, 0.3) is 5.91 Å². The van der Waals surface area contributed by atoms with E-state index < -0.39 is 0 Å². The number of H-pyrrole nitrogens is 1. The Labute approximate surface area is 224 Å². The Morgan fingerprint density at radius 3 is 2.39 bits per heavy atom. The van der Waals surface area contributed by atoms with Crippen molar-refractivity contribution in [3.05, 3.63) is 83.9 Å². The van der Waals surface area contributed by atoms with Gasteiger partial charge in [-0.2, -0.15) is 5.10 Å². The zero-order valence-electron chi connectivity index (χ0n) is 22.4. The summed E-state index contributed by atoms with van der Waals surface area (Å²) in [6.07, 6.45) is 5.07. The van der Waals surface area contributed by atoms with Gasteiger partial charge in [-0.25, -0.2) is 0 Å². The Bertz CT molecular complexity index is 1400. The number of piperidine rings is 1. The van der Waals surface area contributed by atoms with Crippen molar-refractivity contribution >= 4 is 16.8 Å². The van der Waals surface area contributed by atoms with Crippen LogP contribution in [0.3, 0.4) is 0 Å². The lowest BCUT2D eigenvalue weighted by molar-refractivity contribution is 0.0662. The van der Waals surface area contributed by atoms with Gasteiger partial charge in [0.15, 0.2) is 0 Å². The summed E-state index contributed by atoms with van der Waals surface area (Å²) >= 11 is 0. The smallest absolute Gasteiger partial charge is 0.251 e. The third-order valence-electron chi connectivity index (χ3n) is 8.42. The molecule has 2 aliphatic heterocycles. The highest BCUT2D eigenvalue weighted by Crippen LogP contribution is 2.36. The van der Waals surface area contributed by atoms with Gasteiger partial charge in [0, 0.05) is 28.6 Å². The van der Waals surface area contributed by atoms with Crippen LogP contribution in [-0.2, 0) is 0 Å². The molecule has 0 spiro atoms. The molecule has 3 atom stereocenters. The molecule has 0 radical (unpaired) electrons. The molecular weight excluding hydrogens is 472 g/mol. The van der Waals surface area contributed by atoms with Crippen LogP contribution in [0.15, 0.2) is 72.8 Å². The summed E-state index contributed by atoms with van der Waals surface area (Å²) < 4.78 is 6.38. The number of amides is 1. The molecule has 4 aromatic rings. The molecule has 2 saturated heterocycles. The fourth-order valence-corrected chi connectivity index (χ4v) is 6.24. The van der Waals surface area contributed by atoms with Crippen LogP contribution in [0.2, 0.25) is 0 Å². The van der Waals surface area contributed by atoms with Gasteiger partial charge < -0.3 is 15.0 Å². The molecule has 3 heterocycles. The molecule has 0 saturated carbocycles. The fourth-order valence-electron chi connectivity index (χ4n) is 6.24. The van der Waals surface area contributed by atoms with E-state index in [4.69, 9.17) is 4.74 Å². The molecule has 1 aromatic heterocycles. The van der Waals surface area contributed by atoms with Gasteiger partial charge in [0.05, 0.1) is 17.3 Å². The number of aromatic amines is 1. The minimum absolute atomic E-state index is 0.0597. The van der Waals surface area contributed by atoms with E-state index in [1.165, 1.54) is 12.8 Å². The molecule has 3 unspecified atom stereocenters. The van der Waals surface area contributed by atoms with Crippen molar-refractivity contribution in [3.8, 4) is 17.0 Å². The molecule has 2 aliphatic rings. The Balaban J connectivity index is 1.19. The zero-order valence-corrected chi connectivity index (χ0v) is 22.4. The lowest BCUT2D eigenvalue weighted by atomic mass is 9.95. The first-order valence-corrected chi connectivity index (χ1v) is 13.8. The predicted molar refractivity (Wildman–Crippen MR) is 151 cm³/mol. The third kappa shape index (κ3) is 4.81. The van der Waals surface area contributed by atoms with Gasteiger partial charge in [0.2, 0.25) is 0 Å². The lowest BCUT2D eigenvalue weighted by Gasteiger charge is -2.36. The molecule has 1 amide bonds. The van der Waals surface area contributed by atoms with Gasteiger partial charge in [-0.15, -0.1) is 0 Å². The number of ether oxygens (including phenoxy) is 1. The molecular formula is C32H36N4O2. The second-order valence-electron chi connectivity index (χ2n) is 11.2. The summed E-state index contributed by atoms with van der Waals surface area (Å²) in [7, 11) is 2.25. The summed E-state index contributed by atoms with van der Waals surface area (Å²) in [5, 5.41) is 11.9. The number of carbonyl (C=O) groups excluding carboxylic acids is 1. The Morgan fingerprint density at radius 2 is 1.71 bits per heavy atom. The van der Waals surface area contributed by atoms with Crippen LogP contribution < -0.4 is 10.1 Å². The Hall–Kier alpha value is -3.64. The maximum absolute atomic E-state index is 13.3. The number of carbonyl (C=O) groups is 1. The number of rotatable bonds is 7. The number of fused-ring (bicyclic) bond motifs is 3. The SMILES string of the molecule is CC(C)C(NC(=O)c1ccc2[nH]nc(-c3ccc(OC4CC5CCC(C4)N5C)cc3)c2c1)c1ccccc1. The monoisotopic (exact) mass is 508 g/mol. The van der Waals surface area contributed by atoms with Gasteiger partial charge in [-0.1, -0.05) is 44.2 Å². The third-order valence-corrected chi connectivity index (χ3v) is 8.42. The van der Waals surface area contributed by atoms with Crippen molar-refractivity contribution in [2.24, 2.45) is 5.92 Å². The van der Waals surface area contributed by atoms with E-state index in [0.717, 1.165) is 46.3 Å². The normalized spacial score (nSPS) is 22.1. The maximum Gasteiger partial charge on any atom is 0.251 e. The highest BCUT2D eigenvalue weighted by Gasteiger charge is 2.39. The number of nitrogens with one attached hydrogen (secondary N) is 2. The second-order valence-corrected chi connectivity index (χ2v) is 11.2. The van der Waals surface area contributed by atoms with E-state index in [9.17, 15) is 4.79 Å². The van der Waals surface area contributed by atoms with Gasteiger partial charge in [0.1, 0.15) is 11.9 Å². The van der Waals surface area contributed by atoms with Crippen molar-refractivity contribution < 1.29 is 9.53 Å². The Kier molecular flexibility index (Phi) is 6.66. The van der Waals surface area contributed by atoms with E-state index in [1.807, 2.05) is 48.5 Å². The molecule has 6 nitrogen and oxygen atoms in total. The minimum Gasteiger partial charge on any atom is -0.490 e. The topological polar surface area (TPSA) is 70.2 Å². The molecule has 3 aromatic carbocycles. The molecule has 38 heavy (non-hydrogen) atoms. The molecule has 6 heteroatoms. The van der Waals surface area contributed by atoms with E-state index in [-0.39, 0.29) is 24.0 Å². The summed E-state index contributed by atoms with van der Waals surface area (Å²) in [5.74, 6) is 1.08. The average Bonchev–Trinajstić information content (AvgIpc) is 3.43. The van der Waals surface area contributed by atoms with Gasteiger partial charge >= 0.3 is 0 Å². The fraction of sp³-hybridized carbons (Fsp3) is 0.375. The summed E-state index contributed by atoms with van der Waals surface area (Å²) in [6.45, 7) is 4.25. The van der Waals surface area contributed by atoms with E-state index >= 15 is 0 Å². The first-order chi connectivity index (χ1) is 18.5. The molecule has 2 N–H and O–H groups in total. The van der Waals surface area contributed by atoms with Crippen LogP contribution in [0.4, 0.5) is 0 Å². The first-order valence-electron chi connectivity index (χ1n) is 13.8. The van der Waals surface area contributed by atoms with Crippen molar-refractivity contribution in [2.45, 2.75) is 63.8 Å². The zero-order chi connectivity index (χ0) is 26.2. The van der Waals surface area contributed by atoms with Crippen LogP contribution in [0, 0.1) is 5.92 Å².